The van der Waals surface area contributed by atoms with Crippen LogP contribution in [0.15, 0.2) is 18.2 Å². The minimum atomic E-state index is -1.17. The van der Waals surface area contributed by atoms with Crippen LogP contribution in [0, 0.1) is 17.2 Å². The first-order valence-electron chi connectivity index (χ1n) is 6.12. The molecule has 2 atom stereocenters. The molecule has 0 saturated carbocycles. The van der Waals surface area contributed by atoms with E-state index in [1.165, 1.54) is 12.1 Å². The molecule has 0 radical (unpaired) electrons. The zero-order chi connectivity index (χ0) is 14.9. The van der Waals surface area contributed by atoms with Crippen molar-refractivity contribution in [2.45, 2.75) is 5.92 Å². The summed E-state index contributed by atoms with van der Waals surface area (Å²) in [4.78, 5) is 24.2. The van der Waals surface area contributed by atoms with E-state index < -0.39 is 11.9 Å². The summed E-state index contributed by atoms with van der Waals surface area (Å²) < 4.78 is 0. The first kappa shape index (κ1) is 14.0. The van der Waals surface area contributed by atoms with Crippen LogP contribution in [0.5, 0.6) is 0 Å². The molecule has 0 bridgehead atoms. The number of hydrogen-bond acceptors (Lipinski definition) is 4. The molecular weight excluding hydrogens is 260 g/mol. The van der Waals surface area contributed by atoms with E-state index in [1.54, 1.807) is 0 Å². The van der Waals surface area contributed by atoms with Gasteiger partial charge in [0.1, 0.15) is 0 Å². The fourth-order valence-electron chi connectivity index (χ4n) is 2.64. The topological polar surface area (TPSA) is 102 Å². The molecule has 1 aromatic rings. The first-order chi connectivity index (χ1) is 9.43. The zero-order valence-corrected chi connectivity index (χ0v) is 10.9. The van der Waals surface area contributed by atoms with Crippen LogP contribution >= 0.6 is 0 Å². The molecule has 6 nitrogen and oxygen atoms in total. The second kappa shape index (κ2) is 5.31. The number of carboxylic acids is 2. The minimum absolute atomic E-state index is 0.0366. The van der Waals surface area contributed by atoms with Crippen molar-refractivity contribution in [3.05, 3.63) is 34.9 Å². The fraction of sp³-hybridized carbons (Fsp3) is 0.357. The van der Waals surface area contributed by atoms with Gasteiger partial charge in [-0.25, -0.2) is 9.59 Å². The predicted molar refractivity (Wildman–Crippen MR) is 69.7 cm³/mol. The van der Waals surface area contributed by atoms with Gasteiger partial charge < -0.3 is 15.1 Å². The average Bonchev–Trinajstić information content (AvgIpc) is 2.78. The molecule has 1 heterocycles. The van der Waals surface area contributed by atoms with Crippen LogP contribution in [0.2, 0.25) is 0 Å². The SMILES string of the molecule is CN1C[C@H](c2ccc(C(=O)O)cc2C(=O)O)[C@@H](C#N)C1. The van der Waals surface area contributed by atoms with Crippen molar-refractivity contribution >= 4 is 11.9 Å². The van der Waals surface area contributed by atoms with Gasteiger partial charge in [0.15, 0.2) is 0 Å². The summed E-state index contributed by atoms with van der Waals surface area (Å²) in [7, 11) is 1.87. The molecule has 1 saturated heterocycles. The average molecular weight is 274 g/mol. The third-order valence-electron chi connectivity index (χ3n) is 3.60. The predicted octanol–water partition coefficient (Wildman–Crippen LogP) is 1.25. The second-order valence-corrected chi connectivity index (χ2v) is 4.98. The van der Waals surface area contributed by atoms with Crippen LogP contribution in [0.25, 0.3) is 0 Å². The third kappa shape index (κ3) is 2.49. The molecule has 104 valence electrons. The Morgan fingerprint density at radius 1 is 1.30 bits per heavy atom. The Kier molecular flexibility index (Phi) is 3.72. The van der Waals surface area contributed by atoms with Gasteiger partial charge in [0.05, 0.1) is 23.1 Å². The van der Waals surface area contributed by atoms with E-state index in [2.05, 4.69) is 6.07 Å². The Bertz CT molecular complexity index is 606. The maximum Gasteiger partial charge on any atom is 0.336 e. The van der Waals surface area contributed by atoms with E-state index in [0.717, 1.165) is 6.07 Å². The Balaban J connectivity index is 2.49. The number of nitrogens with zero attached hydrogens (tertiary/aromatic N) is 2. The molecule has 6 heteroatoms. The number of benzene rings is 1. The van der Waals surface area contributed by atoms with E-state index in [4.69, 9.17) is 10.4 Å². The molecule has 1 aliphatic rings. The Morgan fingerprint density at radius 3 is 2.55 bits per heavy atom. The van der Waals surface area contributed by atoms with Gasteiger partial charge >= 0.3 is 11.9 Å². The highest BCUT2D eigenvalue weighted by molar-refractivity contribution is 5.95. The monoisotopic (exact) mass is 274 g/mol. The van der Waals surface area contributed by atoms with E-state index >= 15 is 0 Å². The number of carboxylic acid groups (broad SMARTS) is 2. The van der Waals surface area contributed by atoms with Crippen molar-refractivity contribution in [3.8, 4) is 6.07 Å². The molecule has 20 heavy (non-hydrogen) atoms. The van der Waals surface area contributed by atoms with Crippen molar-refractivity contribution in [3.63, 3.8) is 0 Å². The van der Waals surface area contributed by atoms with Gasteiger partial charge in [-0.15, -0.1) is 0 Å². The summed E-state index contributed by atoms with van der Waals surface area (Å²) in [5, 5.41) is 27.4. The highest BCUT2D eigenvalue weighted by Gasteiger charge is 2.34. The molecule has 2 rings (SSSR count). The second-order valence-electron chi connectivity index (χ2n) is 4.98. The molecule has 0 spiro atoms. The lowest BCUT2D eigenvalue weighted by Gasteiger charge is -2.16. The summed E-state index contributed by atoms with van der Waals surface area (Å²) in [6.07, 6.45) is 0. The summed E-state index contributed by atoms with van der Waals surface area (Å²) in [5.74, 6) is -2.83. The largest absolute Gasteiger partial charge is 0.478 e. The molecule has 1 aromatic carbocycles. The number of rotatable bonds is 3. The van der Waals surface area contributed by atoms with Gasteiger partial charge in [-0.05, 0) is 24.7 Å². The van der Waals surface area contributed by atoms with Gasteiger partial charge in [0.2, 0.25) is 0 Å². The molecule has 2 N–H and O–H groups in total. The minimum Gasteiger partial charge on any atom is -0.478 e. The van der Waals surface area contributed by atoms with Crippen molar-refractivity contribution in [1.82, 2.24) is 4.90 Å². The first-order valence-corrected chi connectivity index (χ1v) is 6.12. The fourth-order valence-corrected chi connectivity index (χ4v) is 2.64. The molecule has 0 aromatic heterocycles. The van der Waals surface area contributed by atoms with Gasteiger partial charge in [-0.3, -0.25) is 0 Å². The van der Waals surface area contributed by atoms with Crippen molar-refractivity contribution < 1.29 is 19.8 Å². The normalized spacial score (nSPS) is 22.4. The third-order valence-corrected chi connectivity index (χ3v) is 3.60. The molecule has 0 amide bonds. The lowest BCUT2D eigenvalue weighted by atomic mass is 9.86. The molecule has 0 aliphatic carbocycles. The van der Waals surface area contributed by atoms with Crippen LogP contribution in [-0.2, 0) is 0 Å². The summed E-state index contributed by atoms with van der Waals surface area (Å²) in [6.45, 7) is 1.17. The quantitative estimate of drug-likeness (QED) is 0.860. The summed E-state index contributed by atoms with van der Waals surface area (Å²) >= 11 is 0. The highest BCUT2D eigenvalue weighted by Crippen LogP contribution is 2.34. The van der Waals surface area contributed by atoms with Crippen LogP contribution in [0.1, 0.15) is 32.2 Å². The van der Waals surface area contributed by atoms with Gasteiger partial charge in [-0.2, -0.15) is 5.26 Å². The van der Waals surface area contributed by atoms with Gasteiger partial charge in [0, 0.05) is 19.0 Å². The van der Waals surface area contributed by atoms with Crippen LogP contribution < -0.4 is 0 Å². The van der Waals surface area contributed by atoms with E-state index in [1.807, 2.05) is 11.9 Å². The molecule has 0 unspecified atom stereocenters. The molecule has 1 aliphatic heterocycles. The smallest absolute Gasteiger partial charge is 0.336 e. The number of hydrogen-bond donors (Lipinski definition) is 2. The van der Waals surface area contributed by atoms with Crippen LogP contribution in [0.4, 0.5) is 0 Å². The lowest BCUT2D eigenvalue weighted by Crippen LogP contribution is -2.15. The zero-order valence-electron chi connectivity index (χ0n) is 10.9. The number of aromatic carboxylic acids is 2. The van der Waals surface area contributed by atoms with Crippen LogP contribution in [0.3, 0.4) is 0 Å². The van der Waals surface area contributed by atoms with Gasteiger partial charge in [-0.1, -0.05) is 6.07 Å². The van der Waals surface area contributed by atoms with E-state index in [9.17, 15) is 14.7 Å². The highest BCUT2D eigenvalue weighted by atomic mass is 16.4. The number of likely N-dealkylation sites (N-methyl/N-ethyl adjacent to an activating group) is 1. The van der Waals surface area contributed by atoms with E-state index in [0.29, 0.717) is 18.7 Å². The Labute approximate surface area is 115 Å². The van der Waals surface area contributed by atoms with Gasteiger partial charge in [0.25, 0.3) is 0 Å². The van der Waals surface area contributed by atoms with E-state index in [-0.39, 0.29) is 23.0 Å². The van der Waals surface area contributed by atoms with Crippen LogP contribution in [-0.4, -0.2) is 47.2 Å². The summed E-state index contributed by atoms with van der Waals surface area (Å²) in [5.41, 5.74) is 0.426. The number of likely N-dealkylation sites (tertiary alicyclic amines) is 1. The standard InChI is InChI=1S/C14H14N2O4/c1-16-6-9(5-15)12(7-16)10-3-2-8(13(17)18)4-11(10)14(19)20/h2-4,9,12H,6-7H2,1H3,(H,17,18)(H,19,20)/t9-,12-/m0/s1. The van der Waals surface area contributed by atoms with Crippen molar-refractivity contribution in [1.29, 1.82) is 5.26 Å². The molecular formula is C14H14N2O4. The lowest BCUT2D eigenvalue weighted by molar-refractivity contribution is 0.0694. The Morgan fingerprint density at radius 2 is 2.00 bits per heavy atom. The maximum absolute atomic E-state index is 11.3. The Hall–Kier alpha value is -2.39. The summed E-state index contributed by atoms with van der Waals surface area (Å²) in [6, 6.07) is 6.26. The molecule has 1 fully saturated rings. The number of carbonyl (C=O) groups is 2. The van der Waals surface area contributed by atoms with Crippen molar-refractivity contribution in [2.24, 2.45) is 5.92 Å². The van der Waals surface area contributed by atoms with Crippen molar-refractivity contribution in [2.75, 3.05) is 20.1 Å². The maximum atomic E-state index is 11.3. The number of nitriles is 1.